The maximum Gasteiger partial charge on any atom is 0.139 e. The third-order valence-corrected chi connectivity index (χ3v) is 1.54. The Kier molecular flexibility index (Phi) is 2.62. The third kappa shape index (κ3) is 1.78. The van der Waals surface area contributed by atoms with E-state index in [0.717, 1.165) is 5.56 Å². The van der Waals surface area contributed by atoms with Crippen molar-refractivity contribution in [2.45, 2.75) is 13.0 Å². The maximum absolute atomic E-state index is 9.43. The van der Waals surface area contributed by atoms with Crippen molar-refractivity contribution >= 4 is 0 Å². The molecule has 1 aromatic rings. The molecule has 1 aromatic heterocycles. The quantitative estimate of drug-likeness (QED) is 0.658. The van der Waals surface area contributed by atoms with Gasteiger partial charge in [0.15, 0.2) is 0 Å². The number of rotatable bonds is 3. The topological polar surface area (TPSA) is 58.3 Å². The van der Waals surface area contributed by atoms with Gasteiger partial charge in [0.05, 0.1) is 12.3 Å². The number of hydrogen-bond donors (Lipinski definition) is 2. The SMILES string of the molecule is CNCC(O)c1cnoc1C. The molecule has 1 heterocycles. The molecule has 1 atom stereocenters. The predicted molar refractivity (Wildman–Crippen MR) is 40.1 cm³/mol. The normalized spacial score (nSPS) is 13.4. The first-order chi connectivity index (χ1) is 5.25. The molecule has 4 nitrogen and oxygen atoms in total. The van der Waals surface area contributed by atoms with Gasteiger partial charge in [-0.3, -0.25) is 0 Å². The lowest BCUT2D eigenvalue weighted by Gasteiger charge is -2.06. The fourth-order valence-corrected chi connectivity index (χ4v) is 0.930. The minimum Gasteiger partial charge on any atom is -0.387 e. The van der Waals surface area contributed by atoms with E-state index in [1.807, 2.05) is 0 Å². The Morgan fingerprint density at radius 2 is 2.55 bits per heavy atom. The molecule has 0 aromatic carbocycles. The van der Waals surface area contributed by atoms with Crippen molar-refractivity contribution in [2.75, 3.05) is 13.6 Å². The number of nitrogens with zero attached hydrogens (tertiary/aromatic N) is 1. The highest BCUT2D eigenvalue weighted by Gasteiger charge is 2.11. The molecule has 0 aliphatic heterocycles. The Balaban J connectivity index is 2.67. The molecule has 62 valence electrons. The summed E-state index contributed by atoms with van der Waals surface area (Å²) in [5.41, 5.74) is 0.749. The van der Waals surface area contributed by atoms with Gasteiger partial charge in [-0.25, -0.2) is 0 Å². The summed E-state index contributed by atoms with van der Waals surface area (Å²) in [5, 5.41) is 15.9. The highest BCUT2D eigenvalue weighted by atomic mass is 16.5. The molecule has 0 saturated heterocycles. The Bertz CT molecular complexity index is 222. The average molecular weight is 156 g/mol. The van der Waals surface area contributed by atoms with Crippen molar-refractivity contribution < 1.29 is 9.63 Å². The van der Waals surface area contributed by atoms with E-state index in [9.17, 15) is 5.11 Å². The Morgan fingerprint density at radius 1 is 1.82 bits per heavy atom. The van der Waals surface area contributed by atoms with E-state index < -0.39 is 6.10 Å². The van der Waals surface area contributed by atoms with Gasteiger partial charge in [0.25, 0.3) is 0 Å². The van der Waals surface area contributed by atoms with Gasteiger partial charge in [0, 0.05) is 12.1 Å². The smallest absolute Gasteiger partial charge is 0.139 e. The van der Waals surface area contributed by atoms with E-state index in [4.69, 9.17) is 4.52 Å². The van der Waals surface area contributed by atoms with E-state index in [2.05, 4.69) is 10.5 Å². The van der Waals surface area contributed by atoms with Gasteiger partial charge >= 0.3 is 0 Å². The monoisotopic (exact) mass is 156 g/mol. The summed E-state index contributed by atoms with van der Waals surface area (Å²) >= 11 is 0. The zero-order valence-corrected chi connectivity index (χ0v) is 6.66. The Labute approximate surface area is 65.2 Å². The summed E-state index contributed by atoms with van der Waals surface area (Å²) in [4.78, 5) is 0. The molecule has 4 heteroatoms. The molecule has 0 amide bonds. The lowest BCUT2D eigenvalue weighted by Crippen LogP contribution is -2.16. The summed E-state index contributed by atoms with van der Waals surface area (Å²) in [6.45, 7) is 2.29. The van der Waals surface area contributed by atoms with E-state index in [1.54, 1.807) is 14.0 Å². The number of aliphatic hydroxyl groups excluding tert-OH is 1. The van der Waals surface area contributed by atoms with Crippen LogP contribution in [0.25, 0.3) is 0 Å². The molecule has 0 bridgehead atoms. The van der Waals surface area contributed by atoms with Crippen LogP contribution in [0.3, 0.4) is 0 Å². The minimum atomic E-state index is -0.522. The summed E-state index contributed by atoms with van der Waals surface area (Å²) < 4.78 is 4.79. The van der Waals surface area contributed by atoms with E-state index in [-0.39, 0.29) is 0 Å². The predicted octanol–water partition coefficient (Wildman–Crippen LogP) is 0.236. The molecule has 0 spiro atoms. The largest absolute Gasteiger partial charge is 0.387 e. The van der Waals surface area contributed by atoms with Crippen LogP contribution in [0.4, 0.5) is 0 Å². The molecule has 0 fully saturated rings. The number of likely N-dealkylation sites (N-methyl/N-ethyl adjacent to an activating group) is 1. The van der Waals surface area contributed by atoms with Crippen LogP contribution in [0.1, 0.15) is 17.4 Å². The molecule has 0 aliphatic carbocycles. The molecule has 0 aliphatic rings. The van der Waals surface area contributed by atoms with Crippen molar-refractivity contribution in [1.82, 2.24) is 10.5 Å². The number of aryl methyl sites for hydroxylation is 1. The van der Waals surface area contributed by atoms with Crippen LogP contribution in [0.2, 0.25) is 0 Å². The average Bonchev–Trinajstić information content (AvgIpc) is 2.36. The lowest BCUT2D eigenvalue weighted by molar-refractivity contribution is 0.175. The van der Waals surface area contributed by atoms with Gasteiger partial charge in [-0.1, -0.05) is 5.16 Å². The molecule has 1 rings (SSSR count). The van der Waals surface area contributed by atoms with Crippen molar-refractivity contribution in [3.8, 4) is 0 Å². The molecular formula is C7H12N2O2. The number of hydrogen-bond acceptors (Lipinski definition) is 4. The second-order valence-corrected chi connectivity index (χ2v) is 2.41. The van der Waals surface area contributed by atoms with Crippen molar-refractivity contribution in [3.63, 3.8) is 0 Å². The summed E-state index contributed by atoms with van der Waals surface area (Å²) in [6, 6.07) is 0. The standard InChI is InChI=1S/C7H12N2O2/c1-5-6(3-9-11-5)7(10)4-8-2/h3,7-8,10H,4H2,1-2H3. The van der Waals surface area contributed by atoms with Crippen LogP contribution < -0.4 is 5.32 Å². The van der Waals surface area contributed by atoms with Crippen LogP contribution in [-0.2, 0) is 0 Å². The molecule has 0 radical (unpaired) electrons. The fraction of sp³-hybridized carbons (Fsp3) is 0.571. The number of nitrogens with one attached hydrogen (secondary N) is 1. The van der Waals surface area contributed by atoms with Crippen LogP contribution in [0.5, 0.6) is 0 Å². The van der Waals surface area contributed by atoms with Gasteiger partial charge in [0.2, 0.25) is 0 Å². The van der Waals surface area contributed by atoms with Crippen LogP contribution in [-0.4, -0.2) is 23.9 Å². The lowest BCUT2D eigenvalue weighted by atomic mass is 10.1. The van der Waals surface area contributed by atoms with Gasteiger partial charge < -0.3 is 14.9 Å². The first-order valence-corrected chi connectivity index (χ1v) is 3.49. The molecule has 11 heavy (non-hydrogen) atoms. The summed E-state index contributed by atoms with van der Waals surface area (Å²) in [6.07, 6.45) is 1.02. The molecule has 1 unspecified atom stereocenters. The summed E-state index contributed by atoms with van der Waals surface area (Å²) in [5.74, 6) is 0.674. The third-order valence-electron chi connectivity index (χ3n) is 1.54. The minimum absolute atomic E-state index is 0.516. The van der Waals surface area contributed by atoms with Gasteiger partial charge in [-0.15, -0.1) is 0 Å². The second-order valence-electron chi connectivity index (χ2n) is 2.41. The highest BCUT2D eigenvalue weighted by Crippen LogP contribution is 2.15. The highest BCUT2D eigenvalue weighted by molar-refractivity contribution is 5.14. The van der Waals surface area contributed by atoms with Crippen LogP contribution >= 0.6 is 0 Å². The zero-order valence-electron chi connectivity index (χ0n) is 6.66. The zero-order chi connectivity index (χ0) is 8.27. The molecule has 0 saturated carbocycles. The van der Waals surface area contributed by atoms with Crippen molar-refractivity contribution in [3.05, 3.63) is 17.5 Å². The van der Waals surface area contributed by atoms with E-state index in [0.29, 0.717) is 12.3 Å². The van der Waals surface area contributed by atoms with E-state index >= 15 is 0 Å². The Morgan fingerprint density at radius 3 is 3.00 bits per heavy atom. The van der Waals surface area contributed by atoms with Crippen LogP contribution in [0, 0.1) is 6.92 Å². The first-order valence-electron chi connectivity index (χ1n) is 3.49. The van der Waals surface area contributed by atoms with Gasteiger partial charge in [-0.05, 0) is 14.0 Å². The van der Waals surface area contributed by atoms with Crippen molar-refractivity contribution in [2.24, 2.45) is 0 Å². The van der Waals surface area contributed by atoms with E-state index in [1.165, 1.54) is 6.20 Å². The maximum atomic E-state index is 9.43. The van der Waals surface area contributed by atoms with Crippen molar-refractivity contribution in [1.29, 1.82) is 0 Å². The molecule has 2 N–H and O–H groups in total. The number of aromatic nitrogens is 1. The summed E-state index contributed by atoms with van der Waals surface area (Å²) in [7, 11) is 1.78. The fourth-order valence-electron chi connectivity index (χ4n) is 0.930. The molecular weight excluding hydrogens is 144 g/mol. The van der Waals surface area contributed by atoms with Crippen LogP contribution in [0.15, 0.2) is 10.7 Å². The second kappa shape index (κ2) is 3.50. The van der Waals surface area contributed by atoms with Gasteiger partial charge in [0.1, 0.15) is 5.76 Å². The first kappa shape index (κ1) is 8.23. The Hall–Kier alpha value is -0.870. The van der Waals surface area contributed by atoms with Gasteiger partial charge in [-0.2, -0.15) is 0 Å². The number of aliphatic hydroxyl groups is 1.